The lowest BCUT2D eigenvalue weighted by Crippen LogP contribution is -2.52. The van der Waals surface area contributed by atoms with Crippen LogP contribution in [0.3, 0.4) is 0 Å². The summed E-state index contributed by atoms with van der Waals surface area (Å²) in [6, 6.07) is 0.799. The van der Waals surface area contributed by atoms with Crippen molar-refractivity contribution < 1.29 is 0 Å². The molecule has 0 bridgehead atoms. The Morgan fingerprint density at radius 1 is 1.19 bits per heavy atom. The van der Waals surface area contributed by atoms with Crippen LogP contribution in [0, 0.1) is 11.8 Å². The van der Waals surface area contributed by atoms with Gasteiger partial charge in [0.2, 0.25) is 0 Å². The van der Waals surface area contributed by atoms with Crippen LogP contribution in [0.15, 0.2) is 0 Å². The highest BCUT2D eigenvalue weighted by molar-refractivity contribution is 4.82. The van der Waals surface area contributed by atoms with Gasteiger partial charge in [-0.3, -0.25) is 4.90 Å². The van der Waals surface area contributed by atoms with Crippen LogP contribution in [0.2, 0.25) is 0 Å². The highest BCUT2D eigenvalue weighted by Crippen LogP contribution is 2.29. The first kappa shape index (κ1) is 12.4. The molecule has 1 saturated carbocycles. The predicted octanol–water partition coefficient (Wildman–Crippen LogP) is 2.50. The zero-order valence-electron chi connectivity index (χ0n) is 11.0. The third kappa shape index (κ3) is 3.21. The molecule has 1 aliphatic carbocycles. The highest BCUT2D eigenvalue weighted by Gasteiger charge is 2.25. The van der Waals surface area contributed by atoms with Gasteiger partial charge >= 0.3 is 0 Å². The van der Waals surface area contributed by atoms with Gasteiger partial charge < -0.3 is 5.32 Å². The summed E-state index contributed by atoms with van der Waals surface area (Å²) in [4.78, 5) is 2.75. The fourth-order valence-electron chi connectivity index (χ4n) is 3.29. The van der Waals surface area contributed by atoms with Crippen molar-refractivity contribution in [1.82, 2.24) is 10.2 Å². The highest BCUT2D eigenvalue weighted by atomic mass is 15.2. The molecule has 1 heterocycles. The van der Waals surface area contributed by atoms with Crippen molar-refractivity contribution in [3.63, 3.8) is 0 Å². The molecule has 0 radical (unpaired) electrons. The molecule has 1 unspecified atom stereocenters. The molecule has 2 aliphatic rings. The van der Waals surface area contributed by atoms with Crippen molar-refractivity contribution in [3.05, 3.63) is 0 Å². The Morgan fingerprint density at radius 3 is 2.62 bits per heavy atom. The van der Waals surface area contributed by atoms with Crippen LogP contribution in [-0.2, 0) is 0 Å². The number of hydrogen-bond acceptors (Lipinski definition) is 2. The van der Waals surface area contributed by atoms with E-state index in [4.69, 9.17) is 0 Å². The predicted molar refractivity (Wildman–Crippen MR) is 69.6 cm³/mol. The van der Waals surface area contributed by atoms with E-state index in [0.717, 1.165) is 17.9 Å². The molecule has 16 heavy (non-hydrogen) atoms. The minimum Gasteiger partial charge on any atom is -0.314 e. The molecule has 0 spiro atoms. The number of piperazine rings is 1. The summed E-state index contributed by atoms with van der Waals surface area (Å²) < 4.78 is 0. The maximum Gasteiger partial charge on any atom is 0.0218 e. The van der Waals surface area contributed by atoms with E-state index >= 15 is 0 Å². The van der Waals surface area contributed by atoms with E-state index < -0.39 is 0 Å². The van der Waals surface area contributed by atoms with E-state index in [2.05, 4.69) is 24.1 Å². The molecule has 1 saturated heterocycles. The van der Waals surface area contributed by atoms with E-state index in [9.17, 15) is 0 Å². The summed E-state index contributed by atoms with van der Waals surface area (Å²) in [6.07, 6.45) is 7.18. The van der Waals surface area contributed by atoms with Gasteiger partial charge in [-0.15, -0.1) is 0 Å². The first-order valence-corrected chi connectivity index (χ1v) is 7.24. The van der Waals surface area contributed by atoms with Gasteiger partial charge in [-0.1, -0.05) is 26.7 Å². The maximum atomic E-state index is 3.52. The minimum absolute atomic E-state index is 0.799. The molecular weight excluding hydrogens is 196 g/mol. The Labute approximate surface area is 101 Å². The topological polar surface area (TPSA) is 15.3 Å². The van der Waals surface area contributed by atoms with Crippen molar-refractivity contribution in [2.75, 3.05) is 26.2 Å². The maximum absolute atomic E-state index is 3.52. The van der Waals surface area contributed by atoms with Crippen molar-refractivity contribution >= 4 is 0 Å². The third-order valence-electron chi connectivity index (χ3n) is 4.57. The number of nitrogens with zero attached hydrogens (tertiary/aromatic N) is 1. The molecule has 2 fully saturated rings. The average Bonchev–Trinajstić information content (AvgIpc) is 2.33. The van der Waals surface area contributed by atoms with Crippen LogP contribution < -0.4 is 5.32 Å². The third-order valence-corrected chi connectivity index (χ3v) is 4.57. The first-order chi connectivity index (χ1) is 7.79. The molecule has 1 N–H and O–H groups in total. The molecule has 2 heteroatoms. The molecule has 0 aromatic heterocycles. The molecule has 0 aromatic carbocycles. The largest absolute Gasteiger partial charge is 0.314 e. The van der Waals surface area contributed by atoms with Gasteiger partial charge in [0, 0.05) is 32.2 Å². The SMILES string of the molecule is CCC1CNCCN1CC1CCC(C)CC1. The van der Waals surface area contributed by atoms with Crippen LogP contribution in [0.25, 0.3) is 0 Å². The van der Waals surface area contributed by atoms with Crippen molar-refractivity contribution in [1.29, 1.82) is 0 Å². The smallest absolute Gasteiger partial charge is 0.0218 e. The zero-order chi connectivity index (χ0) is 11.4. The summed E-state index contributed by atoms with van der Waals surface area (Å²) in [5.74, 6) is 1.98. The molecule has 0 amide bonds. The lowest BCUT2D eigenvalue weighted by Gasteiger charge is -2.39. The molecular formula is C14H28N2. The molecule has 1 atom stereocenters. The normalized spacial score (nSPS) is 37.5. The Morgan fingerprint density at radius 2 is 1.94 bits per heavy atom. The van der Waals surface area contributed by atoms with Gasteiger partial charge in [0.25, 0.3) is 0 Å². The second kappa shape index (κ2) is 6.02. The van der Waals surface area contributed by atoms with Crippen LogP contribution in [0.1, 0.15) is 46.0 Å². The zero-order valence-corrected chi connectivity index (χ0v) is 11.0. The van der Waals surface area contributed by atoms with Crippen LogP contribution >= 0.6 is 0 Å². The van der Waals surface area contributed by atoms with Crippen molar-refractivity contribution in [2.45, 2.75) is 52.0 Å². The molecule has 0 aromatic rings. The van der Waals surface area contributed by atoms with Gasteiger partial charge in [-0.05, 0) is 31.1 Å². The molecule has 94 valence electrons. The Hall–Kier alpha value is -0.0800. The monoisotopic (exact) mass is 224 g/mol. The summed E-state index contributed by atoms with van der Waals surface area (Å²) >= 11 is 0. The van der Waals surface area contributed by atoms with E-state index in [0.29, 0.717) is 0 Å². The van der Waals surface area contributed by atoms with Crippen molar-refractivity contribution in [3.8, 4) is 0 Å². The lowest BCUT2D eigenvalue weighted by molar-refractivity contribution is 0.114. The minimum atomic E-state index is 0.799. The summed E-state index contributed by atoms with van der Waals surface area (Å²) in [7, 11) is 0. The van der Waals surface area contributed by atoms with Crippen LogP contribution in [0.5, 0.6) is 0 Å². The summed E-state index contributed by atoms with van der Waals surface area (Å²) in [5, 5.41) is 3.52. The fraction of sp³-hybridized carbons (Fsp3) is 1.00. The number of nitrogens with one attached hydrogen (secondary N) is 1. The standard InChI is InChI=1S/C14H28N2/c1-3-14-10-15-8-9-16(14)11-13-6-4-12(2)5-7-13/h12-15H,3-11H2,1-2H3. The van der Waals surface area contributed by atoms with E-state index in [1.165, 1.54) is 58.3 Å². The Kier molecular flexibility index (Phi) is 4.66. The van der Waals surface area contributed by atoms with Crippen LogP contribution in [-0.4, -0.2) is 37.1 Å². The second-order valence-corrected chi connectivity index (χ2v) is 5.89. The van der Waals surface area contributed by atoms with Crippen molar-refractivity contribution in [2.24, 2.45) is 11.8 Å². The molecule has 1 aliphatic heterocycles. The second-order valence-electron chi connectivity index (χ2n) is 5.89. The fourth-order valence-corrected chi connectivity index (χ4v) is 3.29. The van der Waals surface area contributed by atoms with Gasteiger partial charge in [0.05, 0.1) is 0 Å². The van der Waals surface area contributed by atoms with Gasteiger partial charge in [0.1, 0.15) is 0 Å². The lowest BCUT2D eigenvalue weighted by atomic mass is 9.82. The van der Waals surface area contributed by atoms with Crippen LogP contribution in [0.4, 0.5) is 0 Å². The number of hydrogen-bond donors (Lipinski definition) is 1. The summed E-state index contributed by atoms with van der Waals surface area (Å²) in [5.41, 5.74) is 0. The van der Waals surface area contributed by atoms with Gasteiger partial charge in [0.15, 0.2) is 0 Å². The van der Waals surface area contributed by atoms with E-state index in [1.54, 1.807) is 0 Å². The van der Waals surface area contributed by atoms with Gasteiger partial charge in [-0.2, -0.15) is 0 Å². The quantitative estimate of drug-likeness (QED) is 0.792. The molecule has 2 rings (SSSR count). The number of rotatable bonds is 3. The molecule has 2 nitrogen and oxygen atoms in total. The first-order valence-electron chi connectivity index (χ1n) is 7.24. The van der Waals surface area contributed by atoms with E-state index in [1.807, 2.05) is 0 Å². The van der Waals surface area contributed by atoms with Gasteiger partial charge in [-0.25, -0.2) is 0 Å². The average molecular weight is 224 g/mol. The Bertz CT molecular complexity index is 197. The van der Waals surface area contributed by atoms with E-state index in [-0.39, 0.29) is 0 Å². The summed E-state index contributed by atoms with van der Waals surface area (Å²) in [6.45, 7) is 9.78. The Balaban J connectivity index is 1.78.